The summed E-state index contributed by atoms with van der Waals surface area (Å²) >= 11 is 0. The Bertz CT molecular complexity index is 1040. The van der Waals surface area contributed by atoms with Gasteiger partial charge in [0.2, 0.25) is 5.91 Å². The van der Waals surface area contributed by atoms with Crippen molar-refractivity contribution in [2.45, 2.75) is 37.4 Å². The summed E-state index contributed by atoms with van der Waals surface area (Å²) in [5, 5.41) is 5.01. The van der Waals surface area contributed by atoms with E-state index in [0.29, 0.717) is 30.8 Å². The van der Waals surface area contributed by atoms with Gasteiger partial charge in [0.15, 0.2) is 0 Å². The van der Waals surface area contributed by atoms with Crippen LogP contribution in [-0.4, -0.2) is 43.5 Å². The van der Waals surface area contributed by atoms with Crippen LogP contribution in [0, 0.1) is 0 Å². The summed E-state index contributed by atoms with van der Waals surface area (Å²) in [5.41, 5.74) is 0.569. The summed E-state index contributed by atoms with van der Waals surface area (Å²) in [6, 6.07) is 9.24. The van der Waals surface area contributed by atoms with Gasteiger partial charge in [0.25, 0.3) is 5.92 Å². The van der Waals surface area contributed by atoms with Crippen LogP contribution in [0.5, 0.6) is 0 Å². The summed E-state index contributed by atoms with van der Waals surface area (Å²) < 4.78 is 64.9. The molecule has 182 valence electrons. The van der Waals surface area contributed by atoms with Crippen molar-refractivity contribution in [2.24, 2.45) is 0 Å². The summed E-state index contributed by atoms with van der Waals surface area (Å²) in [6.07, 6.45) is -3.63. The second-order valence-electron chi connectivity index (χ2n) is 8.40. The van der Waals surface area contributed by atoms with Crippen LogP contribution in [0.15, 0.2) is 48.5 Å². The molecular formula is C23H23F5N4O2. The first-order chi connectivity index (χ1) is 16.0. The van der Waals surface area contributed by atoms with Crippen molar-refractivity contribution in [3.8, 4) is 0 Å². The number of anilines is 3. The molecule has 2 aromatic carbocycles. The lowest BCUT2D eigenvalue weighted by molar-refractivity contribution is -0.137. The SMILES string of the molecule is O=C(Nc1ccc(C(F)(F)F)cc1)NC1CCCN(c2ccc(N3CCC(F)(F)C3)cc2)C1=O. The Labute approximate surface area is 192 Å². The van der Waals surface area contributed by atoms with Gasteiger partial charge in [-0.2, -0.15) is 13.2 Å². The number of rotatable bonds is 4. The number of hydrogen-bond acceptors (Lipinski definition) is 3. The van der Waals surface area contributed by atoms with Gasteiger partial charge in [-0.15, -0.1) is 0 Å². The highest BCUT2D eigenvalue weighted by atomic mass is 19.4. The first-order valence-electron chi connectivity index (χ1n) is 10.8. The van der Waals surface area contributed by atoms with Gasteiger partial charge in [-0.1, -0.05) is 0 Å². The molecule has 2 aliphatic heterocycles. The van der Waals surface area contributed by atoms with E-state index in [-0.39, 0.29) is 31.1 Å². The fourth-order valence-electron chi connectivity index (χ4n) is 4.13. The van der Waals surface area contributed by atoms with E-state index in [0.717, 1.165) is 24.3 Å². The van der Waals surface area contributed by atoms with E-state index in [4.69, 9.17) is 0 Å². The van der Waals surface area contributed by atoms with Gasteiger partial charge in [0.1, 0.15) is 6.04 Å². The minimum Gasteiger partial charge on any atom is -0.365 e. The Morgan fingerprint density at radius 2 is 1.62 bits per heavy atom. The van der Waals surface area contributed by atoms with Gasteiger partial charge in [0, 0.05) is 36.6 Å². The van der Waals surface area contributed by atoms with Crippen molar-refractivity contribution in [3.05, 3.63) is 54.1 Å². The zero-order valence-electron chi connectivity index (χ0n) is 18.0. The quantitative estimate of drug-likeness (QED) is 0.612. The predicted octanol–water partition coefficient (Wildman–Crippen LogP) is 4.87. The smallest absolute Gasteiger partial charge is 0.365 e. The van der Waals surface area contributed by atoms with E-state index < -0.39 is 29.7 Å². The summed E-state index contributed by atoms with van der Waals surface area (Å²) in [4.78, 5) is 28.4. The van der Waals surface area contributed by atoms with Crippen LogP contribution >= 0.6 is 0 Å². The Morgan fingerprint density at radius 3 is 2.21 bits per heavy atom. The Balaban J connectivity index is 1.36. The fraction of sp³-hybridized carbons (Fsp3) is 0.391. The van der Waals surface area contributed by atoms with Crippen LogP contribution in [0.3, 0.4) is 0 Å². The highest BCUT2D eigenvalue weighted by molar-refractivity contribution is 6.01. The molecule has 2 heterocycles. The molecule has 0 spiro atoms. The number of nitrogens with zero attached hydrogens (tertiary/aromatic N) is 2. The van der Waals surface area contributed by atoms with Gasteiger partial charge in [-0.05, 0) is 61.4 Å². The van der Waals surface area contributed by atoms with E-state index in [9.17, 15) is 31.5 Å². The van der Waals surface area contributed by atoms with Crippen LogP contribution < -0.4 is 20.4 Å². The largest absolute Gasteiger partial charge is 0.416 e. The number of halogens is 5. The molecule has 0 bridgehead atoms. The number of carbonyl (C=O) groups excluding carboxylic acids is 2. The number of amides is 3. The highest BCUT2D eigenvalue weighted by Crippen LogP contribution is 2.32. The molecule has 1 atom stereocenters. The van der Waals surface area contributed by atoms with Crippen molar-refractivity contribution in [3.63, 3.8) is 0 Å². The lowest BCUT2D eigenvalue weighted by Gasteiger charge is -2.33. The second-order valence-corrected chi connectivity index (χ2v) is 8.40. The molecule has 2 saturated heterocycles. The number of alkyl halides is 5. The second kappa shape index (κ2) is 9.11. The van der Waals surface area contributed by atoms with Crippen molar-refractivity contribution in [1.82, 2.24) is 5.32 Å². The van der Waals surface area contributed by atoms with Crippen molar-refractivity contribution < 1.29 is 31.5 Å². The molecule has 0 saturated carbocycles. The topological polar surface area (TPSA) is 64.7 Å². The van der Waals surface area contributed by atoms with Crippen molar-refractivity contribution in [1.29, 1.82) is 0 Å². The zero-order chi connectivity index (χ0) is 24.5. The number of carbonyl (C=O) groups is 2. The Morgan fingerprint density at radius 1 is 0.971 bits per heavy atom. The van der Waals surface area contributed by atoms with E-state index in [1.165, 1.54) is 4.90 Å². The van der Waals surface area contributed by atoms with Gasteiger partial charge >= 0.3 is 12.2 Å². The molecule has 2 N–H and O–H groups in total. The first-order valence-corrected chi connectivity index (χ1v) is 10.8. The minimum atomic E-state index is -4.48. The summed E-state index contributed by atoms with van der Waals surface area (Å²) in [6.45, 7) is 0.364. The molecular weight excluding hydrogens is 459 g/mol. The lowest BCUT2D eigenvalue weighted by Crippen LogP contribution is -2.53. The van der Waals surface area contributed by atoms with Crippen LogP contribution in [0.2, 0.25) is 0 Å². The molecule has 3 amide bonds. The Kier molecular flexibility index (Phi) is 6.37. The van der Waals surface area contributed by atoms with Gasteiger partial charge in [-0.3, -0.25) is 4.79 Å². The lowest BCUT2D eigenvalue weighted by atomic mass is 10.0. The van der Waals surface area contributed by atoms with Crippen LogP contribution in [0.25, 0.3) is 0 Å². The number of piperidine rings is 1. The minimum absolute atomic E-state index is 0.161. The number of nitrogens with one attached hydrogen (secondary N) is 2. The normalized spacial score (nSPS) is 20.4. The zero-order valence-corrected chi connectivity index (χ0v) is 18.0. The molecule has 6 nitrogen and oxygen atoms in total. The molecule has 0 aromatic heterocycles. The molecule has 0 radical (unpaired) electrons. The third-order valence-electron chi connectivity index (χ3n) is 5.91. The van der Waals surface area contributed by atoms with Gasteiger partial charge < -0.3 is 20.4 Å². The van der Waals surface area contributed by atoms with E-state index in [1.54, 1.807) is 29.2 Å². The average Bonchev–Trinajstić information content (AvgIpc) is 3.15. The molecule has 11 heteroatoms. The maximum atomic E-state index is 13.5. The molecule has 0 aliphatic carbocycles. The molecule has 2 aliphatic rings. The predicted molar refractivity (Wildman–Crippen MR) is 117 cm³/mol. The Hall–Kier alpha value is -3.37. The van der Waals surface area contributed by atoms with Crippen LogP contribution in [0.4, 0.5) is 43.8 Å². The van der Waals surface area contributed by atoms with Crippen molar-refractivity contribution >= 4 is 29.0 Å². The molecule has 1 unspecified atom stereocenters. The standard InChI is InChI=1S/C23H23F5N4O2/c24-22(25)11-13-31(14-22)17-7-9-18(10-8-17)32-12-1-2-19(20(32)33)30-21(34)29-16-5-3-15(4-6-16)23(26,27)28/h3-10,19H,1-2,11-14H2,(H2,29,30,34). The number of benzene rings is 2. The van der Waals surface area contributed by atoms with Gasteiger partial charge in [0.05, 0.1) is 12.1 Å². The highest BCUT2D eigenvalue weighted by Gasteiger charge is 2.38. The van der Waals surface area contributed by atoms with Crippen LogP contribution in [0.1, 0.15) is 24.8 Å². The molecule has 34 heavy (non-hydrogen) atoms. The number of hydrogen-bond donors (Lipinski definition) is 2. The monoisotopic (exact) mass is 482 g/mol. The van der Waals surface area contributed by atoms with Crippen molar-refractivity contribution in [2.75, 3.05) is 34.8 Å². The summed E-state index contributed by atoms with van der Waals surface area (Å²) in [5.74, 6) is -3.03. The molecule has 2 aromatic rings. The maximum Gasteiger partial charge on any atom is 0.416 e. The maximum absolute atomic E-state index is 13.5. The van der Waals surface area contributed by atoms with E-state index in [1.807, 2.05) is 0 Å². The van der Waals surface area contributed by atoms with E-state index >= 15 is 0 Å². The molecule has 2 fully saturated rings. The van der Waals surface area contributed by atoms with E-state index in [2.05, 4.69) is 10.6 Å². The fourth-order valence-corrected chi connectivity index (χ4v) is 4.13. The molecule has 4 rings (SSSR count). The van der Waals surface area contributed by atoms with Gasteiger partial charge in [-0.25, -0.2) is 13.6 Å². The third-order valence-corrected chi connectivity index (χ3v) is 5.91. The third kappa shape index (κ3) is 5.40. The first kappa shape index (κ1) is 23.8. The van der Waals surface area contributed by atoms with Crippen LogP contribution in [-0.2, 0) is 11.0 Å². The number of urea groups is 1. The average molecular weight is 482 g/mol. The summed E-state index contributed by atoms with van der Waals surface area (Å²) in [7, 11) is 0.